The van der Waals surface area contributed by atoms with Crippen LogP contribution >= 0.6 is 0 Å². The molecule has 2 aliphatic rings. The van der Waals surface area contributed by atoms with Gasteiger partial charge in [-0.15, -0.1) is 0 Å². The maximum atomic E-state index is 8.28. The highest BCUT2D eigenvalue weighted by Crippen LogP contribution is 2.32. The van der Waals surface area contributed by atoms with E-state index >= 15 is 0 Å². The monoisotopic (exact) mass is 193 g/mol. The molecule has 0 bridgehead atoms. The second kappa shape index (κ2) is 4.95. The minimum absolute atomic E-state index is 0.673. The van der Waals surface area contributed by atoms with E-state index < -0.39 is 0 Å². The first kappa shape index (κ1) is 10.2. The Morgan fingerprint density at radius 2 is 1.00 bits per heavy atom. The lowest BCUT2D eigenvalue weighted by Gasteiger charge is -2.30. The van der Waals surface area contributed by atoms with Crippen LogP contribution in [0.3, 0.4) is 0 Å². The minimum Gasteiger partial charge on any atom is -0.309 e. The van der Waals surface area contributed by atoms with Gasteiger partial charge in [0, 0.05) is 5.71 Å². The SMILES string of the molecule is N=C(C1CCCCC1)C1CCCCC1. The van der Waals surface area contributed by atoms with E-state index in [0.29, 0.717) is 11.8 Å². The molecule has 0 heterocycles. The zero-order valence-electron chi connectivity index (χ0n) is 9.23. The molecule has 0 aliphatic heterocycles. The van der Waals surface area contributed by atoms with Crippen LogP contribution in [0.1, 0.15) is 64.2 Å². The Hall–Kier alpha value is -0.330. The predicted molar refractivity (Wildman–Crippen MR) is 60.9 cm³/mol. The van der Waals surface area contributed by atoms with Crippen molar-refractivity contribution < 1.29 is 0 Å². The van der Waals surface area contributed by atoms with Crippen molar-refractivity contribution in [2.45, 2.75) is 64.2 Å². The molecule has 80 valence electrons. The normalized spacial score (nSPS) is 26.3. The molecule has 1 nitrogen and oxygen atoms in total. The molecule has 2 rings (SSSR count). The van der Waals surface area contributed by atoms with Crippen molar-refractivity contribution in [1.29, 1.82) is 5.41 Å². The van der Waals surface area contributed by atoms with Gasteiger partial charge in [-0.3, -0.25) is 0 Å². The van der Waals surface area contributed by atoms with E-state index in [-0.39, 0.29) is 0 Å². The summed E-state index contributed by atoms with van der Waals surface area (Å²) in [7, 11) is 0. The van der Waals surface area contributed by atoms with E-state index in [2.05, 4.69) is 0 Å². The molecule has 0 aromatic rings. The van der Waals surface area contributed by atoms with Crippen LogP contribution in [0.2, 0.25) is 0 Å². The number of hydrogen-bond donors (Lipinski definition) is 1. The second-order valence-electron chi connectivity index (χ2n) is 5.13. The molecule has 0 aromatic heterocycles. The summed E-state index contributed by atoms with van der Waals surface area (Å²) in [6.07, 6.45) is 13.6. The smallest absolute Gasteiger partial charge is 0.0151 e. The van der Waals surface area contributed by atoms with Crippen LogP contribution in [-0.4, -0.2) is 5.71 Å². The molecule has 0 spiro atoms. The summed E-state index contributed by atoms with van der Waals surface area (Å²) >= 11 is 0. The first-order chi connectivity index (χ1) is 6.88. The van der Waals surface area contributed by atoms with Crippen LogP contribution in [0, 0.1) is 17.2 Å². The van der Waals surface area contributed by atoms with Gasteiger partial charge in [0.05, 0.1) is 0 Å². The first-order valence-electron chi connectivity index (χ1n) is 6.46. The Balaban J connectivity index is 1.85. The average Bonchev–Trinajstić information content (AvgIpc) is 2.30. The van der Waals surface area contributed by atoms with E-state index in [1.54, 1.807) is 0 Å². The zero-order chi connectivity index (χ0) is 9.80. The molecular weight excluding hydrogens is 170 g/mol. The van der Waals surface area contributed by atoms with Crippen molar-refractivity contribution in [1.82, 2.24) is 0 Å². The van der Waals surface area contributed by atoms with Crippen LogP contribution in [0.4, 0.5) is 0 Å². The molecular formula is C13H23N. The largest absolute Gasteiger partial charge is 0.309 e. The topological polar surface area (TPSA) is 23.9 Å². The molecule has 0 atom stereocenters. The van der Waals surface area contributed by atoms with Crippen molar-refractivity contribution in [3.8, 4) is 0 Å². The van der Waals surface area contributed by atoms with Gasteiger partial charge in [-0.05, 0) is 37.5 Å². The van der Waals surface area contributed by atoms with Crippen molar-refractivity contribution in [3.05, 3.63) is 0 Å². The zero-order valence-corrected chi connectivity index (χ0v) is 9.23. The fourth-order valence-electron chi connectivity index (χ4n) is 3.16. The van der Waals surface area contributed by atoms with E-state index in [1.165, 1.54) is 64.2 Å². The van der Waals surface area contributed by atoms with Crippen LogP contribution in [0.25, 0.3) is 0 Å². The molecule has 2 aliphatic carbocycles. The first-order valence-corrected chi connectivity index (χ1v) is 6.46. The summed E-state index contributed by atoms with van der Waals surface area (Å²) in [5.74, 6) is 1.35. The van der Waals surface area contributed by atoms with E-state index in [9.17, 15) is 0 Å². The number of rotatable bonds is 2. The third-order valence-electron chi connectivity index (χ3n) is 4.09. The van der Waals surface area contributed by atoms with Crippen molar-refractivity contribution in [3.63, 3.8) is 0 Å². The summed E-state index contributed by atoms with van der Waals surface area (Å²) in [5.41, 5.74) is 1.13. The summed E-state index contributed by atoms with van der Waals surface area (Å²) in [4.78, 5) is 0. The van der Waals surface area contributed by atoms with Gasteiger partial charge in [-0.2, -0.15) is 0 Å². The number of nitrogens with one attached hydrogen (secondary N) is 1. The van der Waals surface area contributed by atoms with Gasteiger partial charge >= 0.3 is 0 Å². The predicted octanol–water partition coefficient (Wildman–Crippen LogP) is 4.17. The summed E-state index contributed by atoms with van der Waals surface area (Å²) in [6, 6.07) is 0. The second-order valence-corrected chi connectivity index (χ2v) is 5.13. The van der Waals surface area contributed by atoms with Crippen LogP contribution in [0.5, 0.6) is 0 Å². The molecule has 0 amide bonds. The molecule has 0 aromatic carbocycles. The van der Waals surface area contributed by atoms with Gasteiger partial charge in [0.25, 0.3) is 0 Å². The molecule has 0 saturated heterocycles. The number of hydrogen-bond acceptors (Lipinski definition) is 1. The maximum absolute atomic E-state index is 8.28. The van der Waals surface area contributed by atoms with Crippen molar-refractivity contribution in [2.24, 2.45) is 11.8 Å². The van der Waals surface area contributed by atoms with E-state index in [1.807, 2.05) is 0 Å². The molecule has 2 saturated carbocycles. The van der Waals surface area contributed by atoms with Crippen molar-refractivity contribution in [2.75, 3.05) is 0 Å². The van der Waals surface area contributed by atoms with Gasteiger partial charge in [0.15, 0.2) is 0 Å². The van der Waals surface area contributed by atoms with Gasteiger partial charge in [-0.25, -0.2) is 0 Å². The molecule has 0 unspecified atom stereocenters. The summed E-state index contributed by atoms with van der Waals surface area (Å²) < 4.78 is 0. The van der Waals surface area contributed by atoms with E-state index in [4.69, 9.17) is 5.41 Å². The molecule has 2 fully saturated rings. The van der Waals surface area contributed by atoms with Gasteiger partial charge in [0.1, 0.15) is 0 Å². The van der Waals surface area contributed by atoms with Crippen molar-refractivity contribution >= 4 is 5.71 Å². The standard InChI is InChI=1S/C13H23N/c14-13(11-7-3-1-4-8-11)12-9-5-2-6-10-12/h11-12,14H,1-10H2. The Bertz CT molecular complexity index is 165. The highest BCUT2D eigenvalue weighted by Gasteiger charge is 2.25. The maximum Gasteiger partial charge on any atom is 0.0151 e. The Kier molecular flexibility index (Phi) is 3.61. The third kappa shape index (κ3) is 2.37. The highest BCUT2D eigenvalue weighted by atomic mass is 14.5. The Labute approximate surface area is 87.8 Å². The quantitative estimate of drug-likeness (QED) is 0.636. The molecule has 0 radical (unpaired) electrons. The van der Waals surface area contributed by atoms with Gasteiger partial charge in [0.2, 0.25) is 0 Å². The fraction of sp³-hybridized carbons (Fsp3) is 0.923. The molecule has 1 heteroatoms. The van der Waals surface area contributed by atoms with Crippen LogP contribution in [-0.2, 0) is 0 Å². The van der Waals surface area contributed by atoms with Crippen LogP contribution in [0.15, 0.2) is 0 Å². The average molecular weight is 193 g/mol. The third-order valence-corrected chi connectivity index (χ3v) is 4.09. The Morgan fingerprint density at radius 1 is 0.643 bits per heavy atom. The lowest BCUT2D eigenvalue weighted by molar-refractivity contribution is 0.386. The summed E-state index contributed by atoms with van der Waals surface area (Å²) in [6.45, 7) is 0. The molecule has 1 N–H and O–H groups in total. The lowest BCUT2D eigenvalue weighted by Crippen LogP contribution is -2.26. The summed E-state index contributed by atoms with van der Waals surface area (Å²) in [5, 5.41) is 8.28. The van der Waals surface area contributed by atoms with Crippen LogP contribution < -0.4 is 0 Å². The highest BCUT2D eigenvalue weighted by molar-refractivity contribution is 5.86. The lowest BCUT2D eigenvalue weighted by atomic mass is 9.76. The fourth-order valence-corrected chi connectivity index (χ4v) is 3.16. The Morgan fingerprint density at radius 3 is 1.36 bits per heavy atom. The molecule has 14 heavy (non-hydrogen) atoms. The minimum atomic E-state index is 0.673. The van der Waals surface area contributed by atoms with Gasteiger partial charge < -0.3 is 5.41 Å². The van der Waals surface area contributed by atoms with Gasteiger partial charge in [-0.1, -0.05) is 38.5 Å². The van der Waals surface area contributed by atoms with E-state index in [0.717, 1.165) is 5.71 Å².